The summed E-state index contributed by atoms with van der Waals surface area (Å²) in [5.74, 6) is -0.0779. The largest absolute Gasteiger partial charge is 0.466 e. The topological polar surface area (TPSA) is 75.6 Å². The Hall–Kier alpha value is -1.89. The Balaban J connectivity index is 1.91. The summed E-state index contributed by atoms with van der Waals surface area (Å²) >= 11 is 5.75. The van der Waals surface area contributed by atoms with Gasteiger partial charge >= 0.3 is 5.97 Å². The van der Waals surface area contributed by atoms with Crippen LogP contribution in [0.25, 0.3) is 0 Å². The Kier molecular flexibility index (Phi) is 6.15. The Morgan fingerprint density at radius 2 is 2.13 bits per heavy atom. The fraction of sp³-hybridized carbons (Fsp3) is 0.600. The molecule has 8 heteroatoms. The molecule has 23 heavy (non-hydrogen) atoms. The number of carbonyl (C=O) groups excluding carboxylic acids is 2. The molecular formula is C15H21ClN4O3. The number of amides is 1. The summed E-state index contributed by atoms with van der Waals surface area (Å²) in [6.07, 6.45) is 4.54. The number of aromatic nitrogens is 2. The highest BCUT2D eigenvalue weighted by molar-refractivity contribution is 6.30. The Morgan fingerprint density at radius 1 is 1.43 bits per heavy atom. The van der Waals surface area contributed by atoms with E-state index in [0.29, 0.717) is 30.7 Å². The van der Waals surface area contributed by atoms with Crippen molar-refractivity contribution in [3.05, 3.63) is 17.4 Å². The van der Waals surface area contributed by atoms with Gasteiger partial charge in [-0.3, -0.25) is 9.59 Å². The van der Waals surface area contributed by atoms with Gasteiger partial charge in [-0.25, -0.2) is 9.97 Å². The van der Waals surface area contributed by atoms with Gasteiger partial charge in [-0.05, 0) is 19.8 Å². The van der Waals surface area contributed by atoms with Crippen molar-refractivity contribution in [3.63, 3.8) is 0 Å². The van der Waals surface area contributed by atoms with E-state index in [9.17, 15) is 9.59 Å². The number of nitrogens with zero attached hydrogens (tertiary/aromatic N) is 4. The third-order valence-corrected chi connectivity index (χ3v) is 3.91. The molecule has 2 heterocycles. The number of carbonyl (C=O) groups is 2. The van der Waals surface area contributed by atoms with Crippen LogP contribution in [0.1, 0.15) is 19.8 Å². The predicted octanol–water partition coefficient (Wildman–Crippen LogP) is 1.37. The van der Waals surface area contributed by atoms with Crippen LogP contribution in [0.2, 0.25) is 5.02 Å². The molecule has 0 unspecified atom stereocenters. The monoisotopic (exact) mass is 340 g/mol. The summed E-state index contributed by atoms with van der Waals surface area (Å²) in [6.45, 7) is 3.36. The summed E-state index contributed by atoms with van der Waals surface area (Å²) < 4.78 is 5.05. The zero-order chi connectivity index (χ0) is 16.8. The molecule has 0 N–H and O–H groups in total. The van der Waals surface area contributed by atoms with E-state index < -0.39 is 0 Å². The first-order valence-electron chi connectivity index (χ1n) is 7.64. The van der Waals surface area contributed by atoms with Crippen molar-refractivity contribution < 1.29 is 14.3 Å². The molecule has 0 radical (unpaired) electrons. The molecule has 1 fully saturated rings. The van der Waals surface area contributed by atoms with Gasteiger partial charge in [0.25, 0.3) is 0 Å². The molecular weight excluding hydrogens is 320 g/mol. The highest BCUT2D eigenvalue weighted by Crippen LogP contribution is 2.18. The third kappa shape index (κ3) is 4.79. The number of hydrogen-bond acceptors (Lipinski definition) is 6. The highest BCUT2D eigenvalue weighted by Gasteiger charge is 2.29. The maximum Gasteiger partial charge on any atom is 0.310 e. The molecule has 0 spiro atoms. The second kappa shape index (κ2) is 8.10. The maximum absolute atomic E-state index is 12.4. The van der Waals surface area contributed by atoms with E-state index in [4.69, 9.17) is 16.3 Å². The van der Waals surface area contributed by atoms with Gasteiger partial charge in [0.05, 0.1) is 36.5 Å². The van der Waals surface area contributed by atoms with Gasteiger partial charge in [-0.2, -0.15) is 0 Å². The van der Waals surface area contributed by atoms with E-state index in [1.165, 1.54) is 12.4 Å². The van der Waals surface area contributed by atoms with E-state index >= 15 is 0 Å². The van der Waals surface area contributed by atoms with Crippen molar-refractivity contribution >= 4 is 29.4 Å². The van der Waals surface area contributed by atoms with Crippen molar-refractivity contribution in [3.8, 4) is 0 Å². The molecule has 126 valence electrons. The van der Waals surface area contributed by atoms with Crippen LogP contribution in [-0.4, -0.2) is 60.0 Å². The van der Waals surface area contributed by atoms with Crippen LogP contribution in [0, 0.1) is 5.92 Å². The molecule has 1 saturated heterocycles. The normalized spacial score (nSPS) is 17.7. The quantitative estimate of drug-likeness (QED) is 0.753. The maximum atomic E-state index is 12.4. The van der Waals surface area contributed by atoms with Crippen molar-refractivity contribution in [2.45, 2.75) is 19.8 Å². The van der Waals surface area contributed by atoms with Gasteiger partial charge in [0.1, 0.15) is 0 Å². The van der Waals surface area contributed by atoms with Gasteiger partial charge in [-0.15, -0.1) is 0 Å². The Bertz CT molecular complexity index is 552. The Morgan fingerprint density at radius 3 is 2.78 bits per heavy atom. The smallest absolute Gasteiger partial charge is 0.310 e. The second-order valence-electron chi connectivity index (χ2n) is 5.49. The first-order valence-corrected chi connectivity index (χ1v) is 8.02. The van der Waals surface area contributed by atoms with Crippen molar-refractivity contribution in [2.24, 2.45) is 5.92 Å². The van der Waals surface area contributed by atoms with Crippen LogP contribution in [0.5, 0.6) is 0 Å². The number of anilines is 1. The van der Waals surface area contributed by atoms with Crippen LogP contribution in [0.15, 0.2) is 12.4 Å². The van der Waals surface area contributed by atoms with Gasteiger partial charge in [-0.1, -0.05) is 11.6 Å². The van der Waals surface area contributed by atoms with Crippen LogP contribution in [-0.2, 0) is 14.3 Å². The number of hydrogen-bond donors (Lipinski definition) is 0. The molecule has 1 aliphatic heterocycles. The molecule has 0 saturated carbocycles. The fourth-order valence-electron chi connectivity index (χ4n) is 2.53. The van der Waals surface area contributed by atoms with Crippen LogP contribution in [0.4, 0.5) is 5.95 Å². The summed E-state index contributed by atoms with van der Waals surface area (Å²) in [4.78, 5) is 35.8. The lowest BCUT2D eigenvalue weighted by Crippen LogP contribution is -2.46. The van der Waals surface area contributed by atoms with Crippen molar-refractivity contribution in [1.82, 2.24) is 14.9 Å². The minimum Gasteiger partial charge on any atom is -0.466 e. The first-order chi connectivity index (χ1) is 11.0. The SMILES string of the molecule is CCOC(=O)[C@@H]1CCCN(C(=O)CN(C)c2ncc(Cl)cn2)C1. The number of likely N-dealkylation sites (N-methyl/N-ethyl adjacent to an activating group) is 1. The number of piperidine rings is 1. The second-order valence-corrected chi connectivity index (χ2v) is 5.92. The van der Waals surface area contributed by atoms with Crippen LogP contribution >= 0.6 is 11.6 Å². The zero-order valence-electron chi connectivity index (χ0n) is 13.4. The molecule has 1 aromatic rings. The summed E-state index contributed by atoms with van der Waals surface area (Å²) in [5, 5.41) is 0.446. The number of rotatable bonds is 5. The van der Waals surface area contributed by atoms with Gasteiger partial charge in [0, 0.05) is 20.1 Å². The lowest BCUT2D eigenvalue weighted by molar-refractivity contribution is -0.151. The minimum absolute atomic E-state index is 0.0555. The van der Waals surface area contributed by atoms with Crippen LogP contribution < -0.4 is 4.90 Å². The molecule has 1 aromatic heterocycles. The number of halogens is 1. The lowest BCUT2D eigenvalue weighted by Gasteiger charge is -2.32. The molecule has 1 aliphatic rings. The van der Waals surface area contributed by atoms with E-state index in [2.05, 4.69) is 9.97 Å². The first kappa shape index (κ1) is 17.5. The molecule has 2 rings (SSSR count). The minimum atomic E-state index is -0.232. The summed E-state index contributed by atoms with van der Waals surface area (Å²) in [5.41, 5.74) is 0. The van der Waals surface area contributed by atoms with E-state index in [0.717, 1.165) is 12.8 Å². The van der Waals surface area contributed by atoms with E-state index in [1.54, 1.807) is 23.8 Å². The number of likely N-dealkylation sites (tertiary alicyclic amines) is 1. The average Bonchev–Trinajstić information content (AvgIpc) is 2.55. The lowest BCUT2D eigenvalue weighted by atomic mass is 9.98. The standard InChI is InChI=1S/C15H21ClN4O3/c1-3-23-14(22)11-5-4-6-20(9-11)13(21)10-19(2)15-17-7-12(16)8-18-15/h7-8,11H,3-6,9-10H2,1-2H3/t11-/m1/s1. The summed E-state index contributed by atoms with van der Waals surface area (Å²) in [6, 6.07) is 0. The average molecular weight is 341 g/mol. The predicted molar refractivity (Wildman–Crippen MR) is 86.2 cm³/mol. The van der Waals surface area contributed by atoms with E-state index in [-0.39, 0.29) is 24.3 Å². The van der Waals surface area contributed by atoms with Gasteiger partial charge in [0.15, 0.2) is 0 Å². The van der Waals surface area contributed by atoms with Crippen molar-refractivity contribution in [1.29, 1.82) is 0 Å². The molecule has 1 atom stereocenters. The fourth-order valence-corrected chi connectivity index (χ4v) is 2.63. The van der Waals surface area contributed by atoms with Crippen molar-refractivity contribution in [2.75, 3.05) is 38.2 Å². The molecule has 0 aliphatic carbocycles. The molecule has 0 aromatic carbocycles. The summed E-state index contributed by atoms with van der Waals surface area (Å²) in [7, 11) is 1.74. The highest BCUT2D eigenvalue weighted by atomic mass is 35.5. The van der Waals surface area contributed by atoms with E-state index in [1.807, 2.05) is 0 Å². The number of esters is 1. The molecule has 7 nitrogen and oxygen atoms in total. The Labute approximate surface area is 140 Å². The van der Waals surface area contributed by atoms with Gasteiger partial charge < -0.3 is 14.5 Å². The zero-order valence-corrected chi connectivity index (χ0v) is 14.1. The third-order valence-electron chi connectivity index (χ3n) is 3.71. The van der Waals surface area contributed by atoms with Crippen LogP contribution in [0.3, 0.4) is 0 Å². The molecule has 1 amide bonds. The molecule has 0 bridgehead atoms. The number of ether oxygens (including phenoxy) is 1. The van der Waals surface area contributed by atoms with Gasteiger partial charge in [0.2, 0.25) is 11.9 Å².